The number of hydrogen-bond acceptors (Lipinski definition) is 3. The molecule has 1 N–H and O–H groups in total. The Morgan fingerprint density at radius 1 is 1.40 bits per heavy atom. The Morgan fingerprint density at radius 3 is 2.70 bits per heavy atom. The van der Waals surface area contributed by atoms with Crippen LogP contribution in [0.1, 0.15) is 26.7 Å². The summed E-state index contributed by atoms with van der Waals surface area (Å²) < 4.78 is 26.9. The minimum absolute atomic E-state index is 0.0496. The summed E-state index contributed by atoms with van der Waals surface area (Å²) in [6.45, 7) is 4.46. The van der Waals surface area contributed by atoms with Gasteiger partial charge in [0.05, 0.1) is 12.5 Å². The van der Waals surface area contributed by atoms with Gasteiger partial charge >= 0.3 is 0 Å². The van der Waals surface area contributed by atoms with E-state index in [1.165, 1.54) is 18.9 Å². The molecule has 1 heterocycles. The van der Waals surface area contributed by atoms with Crippen LogP contribution < -0.4 is 0 Å². The summed E-state index contributed by atoms with van der Waals surface area (Å²) in [6, 6.07) is -0.0496. The molecule has 1 aromatic heterocycles. The average molecular weight is 295 g/mol. The summed E-state index contributed by atoms with van der Waals surface area (Å²) in [7, 11) is -3.47. The van der Waals surface area contributed by atoms with Crippen molar-refractivity contribution in [3.63, 3.8) is 0 Å². The summed E-state index contributed by atoms with van der Waals surface area (Å²) in [5.74, 6) is 1.66. The molecular weight excluding hydrogens is 274 g/mol. The van der Waals surface area contributed by atoms with Gasteiger partial charge in [0.25, 0.3) is 10.0 Å². The number of H-pyrrole nitrogens is 1. The highest BCUT2D eigenvalue weighted by Gasteiger charge is 2.39. The lowest BCUT2D eigenvalue weighted by Crippen LogP contribution is -2.41. The van der Waals surface area contributed by atoms with Crippen LogP contribution in [0.2, 0.25) is 0 Å². The van der Waals surface area contributed by atoms with Crippen LogP contribution in [0.5, 0.6) is 0 Å². The molecule has 2 aliphatic rings. The number of fused-ring (bicyclic) bond motifs is 2. The molecule has 5 nitrogen and oxygen atoms in total. The zero-order chi connectivity index (χ0) is 14.3. The zero-order valence-electron chi connectivity index (χ0n) is 11.9. The maximum absolute atomic E-state index is 12.7. The second-order valence-electron chi connectivity index (χ2n) is 6.12. The summed E-state index contributed by atoms with van der Waals surface area (Å²) in [5, 5.41) is 0.185. The zero-order valence-corrected chi connectivity index (χ0v) is 12.7. The normalized spacial score (nSPS) is 28.9. The predicted octanol–water partition coefficient (Wildman–Crippen LogP) is 2.02. The number of allylic oxidation sites excluding steroid dienone is 2. The van der Waals surface area contributed by atoms with Crippen molar-refractivity contribution in [2.24, 2.45) is 17.8 Å². The molecule has 1 aromatic rings. The van der Waals surface area contributed by atoms with E-state index >= 15 is 0 Å². The average Bonchev–Trinajstić information content (AvgIpc) is 3.11. The minimum Gasteiger partial charge on any atom is -0.335 e. The van der Waals surface area contributed by atoms with E-state index in [4.69, 9.17) is 0 Å². The van der Waals surface area contributed by atoms with Crippen molar-refractivity contribution >= 4 is 10.0 Å². The highest BCUT2D eigenvalue weighted by Crippen LogP contribution is 2.44. The number of hydrogen-bond donors (Lipinski definition) is 1. The van der Waals surface area contributed by atoms with E-state index in [1.54, 1.807) is 4.31 Å². The van der Waals surface area contributed by atoms with Gasteiger partial charge in [-0.25, -0.2) is 13.4 Å². The third kappa shape index (κ3) is 2.31. The Labute approximate surface area is 120 Å². The first kappa shape index (κ1) is 13.8. The van der Waals surface area contributed by atoms with E-state index in [0.29, 0.717) is 24.3 Å². The number of nitrogens with one attached hydrogen (secondary N) is 1. The van der Waals surface area contributed by atoms with Crippen molar-refractivity contribution in [1.82, 2.24) is 14.3 Å². The van der Waals surface area contributed by atoms with Crippen LogP contribution in [-0.4, -0.2) is 35.3 Å². The maximum atomic E-state index is 12.7. The monoisotopic (exact) mass is 295 g/mol. The molecule has 0 spiro atoms. The van der Waals surface area contributed by atoms with E-state index in [0.717, 1.165) is 6.42 Å². The number of nitrogens with zero attached hydrogens (tertiary/aromatic N) is 2. The molecule has 3 unspecified atom stereocenters. The molecular formula is C14H21N3O2S. The molecule has 20 heavy (non-hydrogen) atoms. The van der Waals surface area contributed by atoms with E-state index < -0.39 is 10.0 Å². The van der Waals surface area contributed by atoms with Crippen molar-refractivity contribution in [1.29, 1.82) is 0 Å². The molecule has 110 valence electrons. The number of aromatic nitrogens is 2. The van der Waals surface area contributed by atoms with Crippen molar-refractivity contribution < 1.29 is 8.42 Å². The fourth-order valence-corrected chi connectivity index (χ4v) is 5.02. The summed E-state index contributed by atoms with van der Waals surface area (Å²) in [4.78, 5) is 6.54. The van der Waals surface area contributed by atoms with Gasteiger partial charge in [-0.15, -0.1) is 0 Å². The van der Waals surface area contributed by atoms with Crippen LogP contribution in [0.4, 0.5) is 0 Å². The second-order valence-corrected chi connectivity index (χ2v) is 7.98. The molecule has 0 aliphatic heterocycles. The van der Waals surface area contributed by atoms with Crippen molar-refractivity contribution in [2.45, 2.75) is 37.8 Å². The largest absolute Gasteiger partial charge is 0.335 e. The lowest BCUT2D eigenvalue weighted by Gasteiger charge is -2.30. The standard InChI is InChI=1S/C14H21N3O2S/c1-10(2)17(20(18,19)14-7-15-9-16-14)8-13-6-11-3-4-12(13)5-11/h3-4,7,9-13H,5-6,8H2,1-2H3,(H,15,16). The number of rotatable bonds is 5. The number of sulfonamides is 1. The molecule has 0 amide bonds. The molecule has 6 heteroatoms. The van der Waals surface area contributed by atoms with Gasteiger partial charge in [0, 0.05) is 12.6 Å². The van der Waals surface area contributed by atoms with Gasteiger partial charge in [-0.1, -0.05) is 12.2 Å². The van der Waals surface area contributed by atoms with E-state index in [1.807, 2.05) is 13.8 Å². The van der Waals surface area contributed by atoms with Crippen LogP contribution in [0, 0.1) is 17.8 Å². The Bertz CT molecular complexity index is 592. The van der Waals surface area contributed by atoms with E-state index in [9.17, 15) is 8.42 Å². The molecule has 0 radical (unpaired) electrons. The van der Waals surface area contributed by atoms with Gasteiger partial charge in [-0.2, -0.15) is 4.31 Å². The minimum atomic E-state index is -3.47. The maximum Gasteiger partial charge on any atom is 0.260 e. The first-order valence-electron chi connectivity index (χ1n) is 7.17. The third-order valence-corrected chi connectivity index (χ3v) is 6.43. The fraction of sp³-hybridized carbons (Fsp3) is 0.643. The highest BCUT2D eigenvalue weighted by molar-refractivity contribution is 7.89. The molecule has 2 bridgehead atoms. The van der Waals surface area contributed by atoms with Crippen LogP contribution in [0.25, 0.3) is 0 Å². The van der Waals surface area contributed by atoms with Gasteiger partial charge in [0.1, 0.15) is 0 Å². The first-order chi connectivity index (χ1) is 9.48. The van der Waals surface area contributed by atoms with Crippen LogP contribution in [0.3, 0.4) is 0 Å². The fourth-order valence-electron chi connectivity index (χ4n) is 3.43. The van der Waals surface area contributed by atoms with Crippen LogP contribution in [-0.2, 0) is 10.0 Å². The number of aromatic amines is 1. The quantitative estimate of drug-likeness (QED) is 0.845. The molecule has 0 saturated heterocycles. The molecule has 0 aromatic carbocycles. The second kappa shape index (κ2) is 5.00. The lowest BCUT2D eigenvalue weighted by atomic mass is 9.93. The molecule has 1 saturated carbocycles. The molecule has 2 aliphatic carbocycles. The van der Waals surface area contributed by atoms with Gasteiger partial charge in [-0.3, -0.25) is 0 Å². The van der Waals surface area contributed by atoms with Crippen molar-refractivity contribution in [3.8, 4) is 0 Å². The Kier molecular flexibility index (Phi) is 3.46. The van der Waals surface area contributed by atoms with E-state index in [2.05, 4.69) is 22.1 Å². The van der Waals surface area contributed by atoms with Gasteiger partial charge in [0.2, 0.25) is 0 Å². The summed E-state index contributed by atoms with van der Waals surface area (Å²) in [5.41, 5.74) is 0. The van der Waals surface area contributed by atoms with E-state index in [-0.39, 0.29) is 11.1 Å². The predicted molar refractivity (Wildman–Crippen MR) is 76.5 cm³/mol. The lowest BCUT2D eigenvalue weighted by molar-refractivity contribution is 0.276. The van der Waals surface area contributed by atoms with Gasteiger partial charge in [-0.05, 0) is 44.4 Å². The van der Waals surface area contributed by atoms with Gasteiger partial charge in [0.15, 0.2) is 5.03 Å². The highest BCUT2D eigenvalue weighted by atomic mass is 32.2. The smallest absolute Gasteiger partial charge is 0.260 e. The molecule has 3 atom stereocenters. The van der Waals surface area contributed by atoms with Crippen molar-refractivity contribution in [3.05, 3.63) is 24.7 Å². The topological polar surface area (TPSA) is 66.1 Å². The van der Waals surface area contributed by atoms with Gasteiger partial charge < -0.3 is 4.98 Å². The number of imidazole rings is 1. The first-order valence-corrected chi connectivity index (χ1v) is 8.61. The molecule has 3 rings (SSSR count). The molecule has 1 fully saturated rings. The Morgan fingerprint density at radius 2 is 2.20 bits per heavy atom. The summed E-state index contributed by atoms with van der Waals surface area (Å²) in [6.07, 6.45) is 9.64. The van der Waals surface area contributed by atoms with Crippen molar-refractivity contribution in [2.75, 3.05) is 6.54 Å². The Balaban J connectivity index is 1.81. The summed E-state index contributed by atoms with van der Waals surface area (Å²) >= 11 is 0. The SMILES string of the molecule is CC(C)N(CC1CC2C=CC1C2)S(=O)(=O)c1cnc[nH]1. The van der Waals surface area contributed by atoms with Crippen LogP contribution in [0.15, 0.2) is 29.7 Å². The third-order valence-electron chi connectivity index (χ3n) is 4.47. The van der Waals surface area contributed by atoms with Crippen LogP contribution >= 0.6 is 0 Å². The Hall–Kier alpha value is -1.14.